The van der Waals surface area contributed by atoms with Gasteiger partial charge in [0.15, 0.2) is 0 Å². The van der Waals surface area contributed by atoms with Crippen molar-refractivity contribution in [3.05, 3.63) is 65.7 Å². The van der Waals surface area contributed by atoms with Gasteiger partial charge in [-0.3, -0.25) is 24.1 Å². The Hall–Kier alpha value is -4.04. The number of nitrogens with one attached hydrogen (secondary N) is 3. The van der Waals surface area contributed by atoms with Crippen LogP contribution in [0.1, 0.15) is 84.5 Å². The van der Waals surface area contributed by atoms with E-state index in [2.05, 4.69) is 28.1 Å². The fourth-order valence-electron chi connectivity index (χ4n) is 8.39. The highest BCUT2D eigenvalue weighted by Crippen LogP contribution is 2.30. The van der Waals surface area contributed by atoms with Gasteiger partial charge in [0.2, 0.25) is 23.6 Å². The molecule has 0 radical (unpaired) electrons. The van der Waals surface area contributed by atoms with Crippen molar-refractivity contribution in [2.45, 2.75) is 116 Å². The highest BCUT2D eigenvalue weighted by Gasteiger charge is 2.42. The van der Waals surface area contributed by atoms with Crippen molar-refractivity contribution < 1.29 is 33.8 Å². The van der Waals surface area contributed by atoms with Crippen molar-refractivity contribution in [1.82, 2.24) is 25.3 Å². The van der Waals surface area contributed by atoms with Crippen LogP contribution in [0.4, 0.5) is 5.69 Å². The van der Waals surface area contributed by atoms with Crippen molar-refractivity contribution in [2.75, 3.05) is 60.3 Å². The molecule has 1 aliphatic rings. The summed E-state index contributed by atoms with van der Waals surface area (Å²) in [7, 11) is 8.65. The molecule has 1 saturated heterocycles. The van der Waals surface area contributed by atoms with Crippen LogP contribution in [-0.2, 0) is 35.1 Å². The summed E-state index contributed by atoms with van der Waals surface area (Å²) in [6.07, 6.45) is 0.904. The highest BCUT2D eigenvalue weighted by molar-refractivity contribution is 5.88. The van der Waals surface area contributed by atoms with Crippen LogP contribution in [0.5, 0.6) is 0 Å². The molecule has 4 amide bonds. The maximum absolute atomic E-state index is 14.1. The minimum atomic E-state index is -0.879. The first-order chi connectivity index (χ1) is 27.6. The Balaban J connectivity index is 1.65. The largest absolute Gasteiger partial charge is 0.388 e. The highest BCUT2D eigenvalue weighted by atomic mass is 16.5. The molecule has 13 heteroatoms. The molecule has 58 heavy (non-hydrogen) atoms. The smallest absolute Gasteiger partial charge is 0.242 e. The SMILES string of the molecule is CCC(C)C(C(CC(=O)N1CCCC1C(OC)C(C)C(=O)NC(C)C(O)c1ccccc1)OC)N(C)C(=O)CNC(=O)C(C(C)C)N(C)CCc1ccc(NC)cc1. The van der Waals surface area contributed by atoms with E-state index in [-0.39, 0.29) is 54.5 Å². The van der Waals surface area contributed by atoms with E-state index in [4.69, 9.17) is 9.47 Å². The lowest BCUT2D eigenvalue weighted by molar-refractivity contribution is -0.146. The number of aliphatic hydroxyl groups is 1. The van der Waals surface area contributed by atoms with E-state index in [0.29, 0.717) is 25.1 Å². The molecule has 0 bridgehead atoms. The Bertz CT molecular complexity index is 1580. The van der Waals surface area contributed by atoms with E-state index in [1.165, 1.54) is 5.56 Å². The number of likely N-dealkylation sites (tertiary alicyclic amines) is 1. The second-order valence-electron chi connectivity index (χ2n) is 16.4. The number of ether oxygens (including phenoxy) is 2. The lowest BCUT2D eigenvalue weighted by Crippen LogP contribution is -2.55. The van der Waals surface area contributed by atoms with Crippen LogP contribution < -0.4 is 16.0 Å². The number of benzene rings is 2. The van der Waals surface area contributed by atoms with Gasteiger partial charge in [-0.05, 0) is 68.3 Å². The van der Waals surface area contributed by atoms with Crippen LogP contribution in [-0.4, -0.2) is 135 Å². The Morgan fingerprint density at radius 1 is 0.931 bits per heavy atom. The first-order valence-electron chi connectivity index (χ1n) is 21.0. The van der Waals surface area contributed by atoms with Crippen molar-refractivity contribution in [2.24, 2.45) is 17.8 Å². The van der Waals surface area contributed by atoms with Crippen LogP contribution in [0.25, 0.3) is 0 Å². The van der Waals surface area contributed by atoms with E-state index in [9.17, 15) is 24.3 Å². The molecule has 1 heterocycles. The van der Waals surface area contributed by atoms with Crippen molar-refractivity contribution in [3.63, 3.8) is 0 Å². The Kier molecular flexibility index (Phi) is 19.6. The van der Waals surface area contributed by atoms with Crippen LogP contribution in [0, 0.1) is 17.8 Å². The average molecular weight is 809 g/mol. The number of methoxy groups -OCH3 is 2. The van der Waals surface area contributed by atoms with E-state index in [1.807, 2.05) is 89.2 Å². The number of carbonyl (C=O) groups is 4. The monoisotopic (exact) mass is 809 g/mol. The van der Waals surface area contributed by atoms with Gasteiger partial charge in [-0.1, -0.05) is 83.5 Å². The summed E-state index contributed by atoms with van der Waals surface area (Å²) in [5.41, 5.74) is 2.93. The standard InChI is InChI=1S/C45H72N6O7/c1-12-30(4)41(50(9)39(53)28-47-45(56)40(29(2)3)49(8)26-24-33-20-22-35(46-7)23-21-33)37(57-10)27-38(52)51-25-16-19-36(51)43(58-11)31(5)44(55)48-32(6)42(54)34-17-14-13-15-18-34/h13-15,17-18,20-23,29-32,36-37,40-43,46,54H,12,16,19,24-28H2,1-11H3,(H,47,56)(H,48,55). The predicted octanol–water partition coefficient (Wildman–Crippen LogP) is 4.50. The Morgan fingerprint density at radius 3 is 2.16 bits per heavy atom. The van der Waals surface area contributed by atoms with Crippen LogP contribution in [0.2, 0.25) is 0 Å². The summed E-state index contributed by atoms with van der Waals surface area (Å²) in [6, 6.07) is 15.7. The summed E-state index contributed by atoms with van der Waals surface area (Å²) in [5, 5.41) is 19.8. The van der Waals surface area contributed by atoms with Gasteiger partial charge in [-0.25, -0.2) is 0 Å². The maximum Gasteiger partial charge on any atom is 0.242 e. The molecule has 0 aliphatic carbocycles. The molecule has 9 unspecified atom stereocenters. The summed E-state index contributed by atoms with van der Waals surface area (Å²) in [4.78, 5) is 60.5. The molecule has 3 rings (SSSR count). The number of carbonyl (C=O) groups excluding carboxylic acids is 4. The molecule has 1 fully saturated rings. The number of likely N-dealkylation sites (N-methyl/N-ethyl adjacent to an activating group) is 2. The van der Waals surface area contributed by atoms with Gasteiger partial charge in [0.1, 0.15) is 0 Å². The van der Waals surface area contributed by atoms with Gasteiger partial charge in [0, 0.05) is 47.1 Å². The predicted molar refractivity (Wildman–Crippen MR) is 229 cm³/mol. The minimum absolute atomic E-state index is 0.0156. The third kappa shape index (κ3) is 13.0. The first kappa shape index (κ1) is 48.3. The molecule has 9 atom stereocenters. The average Bonchev–Trinajstić information content (AvgIpc) is 3.71. The van der Waals surface area contributed by atoms with Crippen LogP contribution in [0.3, 0.4) is 0 Å². The van der Waals surface area contributed by atoms with E-state index in [1.54, 1.807) is 44.9 Å². The zero-order chi connectivity index (χ0) is 43.1. The number of anilines is 1. The number of hydrogen-bond donors (Lipinski definition) is 4. The number of nitrogens with zero attached hydrogens (tertiary/aromatic N) is 3. The third-order valence-corrected chi connectivity index (χ3v) is 12.1. The van der Waals surface area contributed by atoms with E-state index >= 15 is 0 Å². The topological polar surface area (TPSA) is 153 Å². The van der Waals surface area contributed by atoms with Gasteiger partial charge in [0.05, 0.1) is 61.4 Å². The second kappa shape index (κ2) is 23.5. The summed E-state index contributed by atoms with van der Waals surface area (Å²) in [5.74, 6) is -1.49. The van der Waals surface area contributed by atoms with Gasteiger partial charge in [-0.2, -0.15) is 0 Å². The molecular formula is C45H72N6O7. The van der Waals surface area contributed by atoms with Gasteiger partial charge in [0.25, 0.3) is 0 Å². The van der Waals surface area contributed by atoms with Crippen LogP contribution >= 0.6 is 0 Å². The van der Waals surface area contributed by atoms with Gasteiger partial charge < -0.3 is 40.3 Å². The molecule has 0 spiro atoms. The van der Waals surface area contributed by atoms with Crippen LogP contribution in [0.15, 0.2) is 54.6 Å². The molecular weight excluding hydrogens is 737 g/mol. The lowest BCUT2D eigenvalue weighted by atomic mass is 9.90. The normalized spacial score (nSPS) is 18.4. The molecule has 2 aromatic rings. The molecule has 0 saturated carbocycles. The van der Waals surface area contributed by atoms with Gasteiger partial charge in [-0.15, -0.1) is 0 Å². The third-order valence-electron chi connectivity index (χ3n) is 12.1. The second-order valence-corrected chi connectivity index (χ2v) is 16.4. The zero-order valence-electron chi connectivity index (χ0n) is 36.9. The Morgan fingerprint density at radius 2 is 1.59 bits per heavy atom. The van der Waals surface area contributed by atoms with Crippen molar-refractivity contribution >= 4 is 29.3 Å². The van der Waals surface area contributed by atoms with E-state index in [0.717, 1.165) is 24.9 Å². The van der Waals surface area contributed by atoms with Crippen molar-refractivity contribution in [1.29, 1.82) is 0 Å². The fourth-order valence-corrected chi connectivity index (χ4v) is 8.39. The number of rotatable bonds is 23. The number of amides is 4. The number of aliphatic hydroxyl groups excluding tert-OH is 1. The Labute approximate surface area is 347 Å². The molecule has 4 N–H and O–H groups in total. The lowest BCUT2D eigenvalue weighted by Gasteiger charge is -2.39. The zero-order valence-corrected chi connectivity index (χ0v) is 36.9. The fraction of sp³-hybridized carbons (Fsp3) is 0.644. The van der Waals surface area contributed by atoms with Gasteiger partial charge >= 0.3 is 0 Å². The summed E-state index contributed by atoms with van der Waals surface area (Å²) >= 11 is 0. The molecule has 0 aromatic heterocycles. The number of hydrogen-bond acceptors (Lipinski definition) is 9. The first-order valence-corrected chi connectivity index (χ1v) is 21.0. The minimum Gasteiger partial charge on any atom is -0.388 e. The molecule has 13 nitrogen and oxygen atoms in total. The van der Waals surface area contributed by atoms with Crippen molar-refractivity contribution in [3.8, 4) is 0 Å². The molecule has 1 aliphatic heterocycles. The molecule has 324 valence electrons. The summed E-state index contributed by atoms with van der Waals surface area (Å²) in [6.45, 7) is 12.6. The summed E-state index contributed by atoms with van der Waals surface area (Å²) < 4.78 is 11.9. The van der Waals surface area contributed by atoms with E-state index < -0.39 is 42.4 Å². The maximum atomic E-state index is 14.1. The quantitative estimate of drug-likeness (QED) is 0.127. The molecule has 2 aromatic carbocycles.